The summed E-state index contributed by atoms with van der Waals surface area (Å²) in [7, 11) is 3.35. The molecule has 1 unspecified atom stereocenters. The zero-order valence-corrected chi connectivity index (χ0v) is 15.4. The van der Waals surface area contributed by atoms with Crippen LogP contribution in [0.4, 0.5) is 0 Å². The molecule has 2 aromatic carbocycles. The highest BCUT2D eigenvalue weighted by atomic mass is 16.5. The molecule has 0 heterocycles. The maximum absolute atomic E-state index is 6.06. The maximum Gasteiger partial charge on any atom is 0.125 e. The molecule has 24 heavy (non-hydrogen) atoms. The minimum Gasteiger partial charge on any atom is -0.497 e. The molecule has 2 N–H and O–H groups in total. The van der Waals surface area contributed by atoms with Crippen LogP contribution in [0.15, 0.2) is 42.5 Å². The Morgan fingerprint density at radius 1 is 0.958 bits per heavy atom. The Morgan fingerprint density at radius 2 is 1.62 bits per heavy atom. The minimum absolute atomic E-state index is 0.163. The first kappa shape index (κ1) is 18.3. The van der Waals surface area contributed by atoms with Crippen molar-refractivity contribution in [3.8, 4) is 11.5 Å². The summed E-state index contributed by atoms with van der Waals surface area (Å²) < 4.78 is 10.8. The van der Waals surface area contributed by atoms with Crippen molar-refractivity contribution in [2.45, 2.75) is 38.5 Å². The number of hydrogen-bond donors (Lipinski definition) is 1. The van der Waals surface area contributed by atoms with Gasteiger partial charge in [-0.25, -0.2) is 0 Å². The van der Waals surface area contributed by atoms with E-state index in [9.17, 15) is 0 Å². The van der Waals surface area contributed by atoms with Crippen LogP contribution in [0.2, 0.25) is 0 Å². The van der Waals surface area contributed by atoms with Gasteiger partial charge in [0.1, 0.15) is 11.5 Å². The molecule has 3 nitrogen and oxygen atoms in total. The topological polar surface area (TPSA) is 44.5 Å². The second kappa shape index (κ2) is 7.71. The average molecular weight is 327 g/mol. The maximum atomic E-state index is 6.06. The van der Waals surface area contributed by atoms with E-state index in [4.69, 9.17) is 15.2 Å². The van der Waals surface area contributed by atoms with Crippen molar-refractivity contribution in [1.29, 1.82) is 0 Å². The lowest BCUT2D eigenvalue weighted by molar-refractivity contribution is 0.390. The van der Waals surface area contributed by atoms with Crippen molar-refractivity contribution in [2.24, 2.45) is 5.73 Å². The highest BCUT2D eigenvalue weighted by Gasteiger charge is 2.17. The van der Waals surface area contributed by atoms with E-state index in [0.717, 1.165) is 23.5 Å². The molecule has 0 saturated carbocycles. The molecule has 130 valence electrons. The van der Waals surface area contributed by atoms with Crippen molar-refractivity contribution in [3.05, 3.63) is 59.2 Å². The molecule has 0 fully saturated rings. The summed E-state index contributed by atoms with van der Waals surface area (Å²) in [5, 5.41) is 0. The lowest BCUT2D eigenvalue weighted by atomic mass is 9.84. The number of nitrogens with two attached hydrogens (primary N) is 1. The summed E-state index contributed by atoms with van der Waals surface area (Å²) in [5.74, 6) is 1.91. The van der Waals surface area contributed by atoms with Gasteiger partial charge in [0.2, 0.25) is 0 Å². The van der Waals surface area contributed by atoms with Crippen molar-refractivity contribution in [3.63, 3.8) is 0 Å². The molecule has 2 aromatic rings. The number of methoxy groups -OCH3 is 2. The fourth-order valence-corrected chi connectivity index (χ4v) is 2.88. The monoisotopic (exact) mass is 327 g/mol. The third-order valence-electron chi connectivity index (χ3n) is 4.49. The van der Waals surface area contributed by atoms with Crippen LogP contribution in [0.25, 0.3) is 0 Å². The van der Waals surface area contributed by atoms with E-state index in [1.165, 1.54) is 11.1 Å². The summed E-state index contributed by atoms with van der Waals surface area (Å²) >= 11 is 0. The molecule has 1 atom stereocenters. The Labute approximate surface area is 145 Å². The van der Waals surface area contributed by atoms with Crippen molar-refractivity contribution >= 4 is 0 Å². The first-order chi connectivity index (χ1) is 11.4. The second-order valence-electron chi connectivity index (χ2n) is 7.19. The zero-order chi connectivity index (χ0) is 17.7. The molecule has 2 rings (SSSR count). The van der Waals surface area contributed by atoms with E-state index in [1.807, 2.05) is 12.1 Å². The van der Waals surface area contributed by atoms with Crippen LogP contribution in [0.3, 0.4) is 0 Å². The molecule has 0 aliphatic carbocycles. The average Bonchev–Trinajstić information content (AvgIpc) is 2.59. The number of benzene rings is 2. The Hall–Kier alpha value is -2.00. The van der Waals surface area contributed by atoms with Gasteiger partial charge in [0.15, 0.2) is 0 Å². The first-order valence-corrected chi connectivity index (χ1v) is 8.40. The molecule has 0 radical (unpaired) electrons. The highest BCUT2D eigenvalue weighted by molar-refractivity contribution is 5.42. The van der Waals surface area contributed by atoms with E-state index >= 15 is 0 Å². The third kappa shape index (κ3) is 4.30. The second-order valence-corrected chi connectivity index (χ2v) is 7.19. The molecule has 0 aromatic heterocycles. The van der Waals surface area contributed by atoms with E-state index in [-0.39, 0.29) is 11.3 Å². The minimum atomic E-state index is 0.163. The third-order valence-corrected chi connectivity index (χ3v) is 4.49. The van der Waals surface area contributed by atoms with Crippen LogP contribution in [-0.2, 0) is 11.8 Å². The van der Waals surface area contributed by atoms with Gasteiger partial charge < -0.3 is 15.2 Å². The van der Waals surface area contributed by atoms with Gasteiger partial charge in [0.05, 0.1) is 14.2 Å². The van der Waals surface area contributed by atoms with Gasteiger partial charge in [-0.2, -0.15) is 0 Å². The molecule has 0 bridgehead atoms. The zero-order valence-electron chi connectivity index (χ0n) is 15.4. The van der Waals surface area contributed by atoms with Gasteiger partial charge in [-0.3, -0.25) is 0 Å². The summed E-state index contributed by atoms with van der Waals surface area (Å²) in [4.78, 5) is 0. The molecular formula is C21H29NO2. The molecule has 0 aliphatic rings. The van der Waals surface area contributed by atoms with Crippen molar-refractivity contribution in [2.75, 3.05) is 20.8 Å². The molecule has 0 spiro atoms. The van der Waals surface area contributed by atoms with E-state index in [2.05, 4.69) is 51.1 Å². The predicted molar refractivity (Wildman–Crippen MR) is 100 cm³/mol. The van der Waals surface area contributed by atoms with Crippen LogP contribution in [0.1, 0.15) is 43.4 Å². The fraction of sp³-hybridized carbons (Fsp3) is 0.429. The smallest absolute Gasteiger partial charge is 0.125 e. The lowest BCUT2D eigenvalue weighted by Gasteiger charge is -2.21. The lowest BCUT2D eigenvalue weighted by Crippen LogP contribution is -2.16. The quantitative estimate of drug-likeness (QED) is 0.861. The standard InChI is InChI=1S/C21H29NO2/c1-21(2,3)18-9-6-15(7-10-18)17(14-22)12-16-8-11-19(23-4)13-20(16)24-5/h6-11,13,17H,12,14,22H2,1-5H3. The Morgan fingerprint density at radius 3 is 2.12 bits per heavy atom. The van der Waals surface area contributed by atoms with Crippen LogP contribution >= 0.6 is 0 Å². The Bertz CT molecular complexity index is 657. The molecule has 0 saturated heterocycles. The Kier molecular flexibility index (Phi) is 5.89. The number of ether oxygens (including phenoxy) is 2. The highest BCUT2D eigenvalue weighted by Crippen LogP contribution is 2.30. The van der Waals surface area contributed by atoms with E-state index < -0.39 is 0 Å². The van der Waals surface area contributed by atoms with Crippen LogP contribution in [-0.4, -0.2) is 20.8 Å². The van der Waals surface area contributed by atoms with Crippen molar-refractivity contribution < 1.29 is 9.47 Å². The van der Waals surface area contributed by atoms with Gasteiger partial charge in [0.25, 0.3) is 0 Å². The van der Waals surface area contributed by atoms with Gasteiger partial charge in [-0.05, 0) is 41.1 Å². The number of rotatable bonds is 6. The summed E-state index contributed by atoms with van der Waals surface area (Å²) in [6.07, 6.45) is 0.846. The van der Waals surface area contributed by atoms with Crippen molar-refractivity contribution in [1.82, 2.24) is 0 Å². The van der Waals surface area contributed by atoms with E-state index in [1.54, 1.807) is 14.2 Å². The van der Waals surface area contributed by atoms with Crippen LogP contribution in [0, 0.1) is 0 Å². The van der Waals surface area contributed by atoms with Gasteiger partial charge in [-0.15, -0.1) is 0 Å². The molecule has 0 amide bonds. The first-order valence-electron chi connectivity index (χ1n) is 8.40. The largest absolute Gasteiger partial charge is 0.497 e. The molecule has 0 aliphatic heterocycles. The predicted octanol–water partition coefficient (Wildman–Crippen LogP) is 4.29. The molecular weight excluding hydrogens is 298 g/mol. The number of hydrogen-bond acceptors (Lipinski definition) is 3. The summed E-state index contributed by atoms with van der Waals surface area (Å²) in [6.45, 7) is 7.28. The Balaban J connectivity index is 2.23. The normalized spacial score (nSPS) is 12.8. The van der Waals surface area contributed by atoms with Crippen LogP contribution < -0.4 is 15.2 Å². The van der Waals surface area contributed by atoms with Gasteiger partial charge >= 0.3 is 0 Å². The fourth-order valence-electron chi connectivity index (χ4n) is 2.88. The van der Waals surface area contributed by atoms with Gasteiger partial charge in [-0.1, -0.05) is 51.1 Å². The van der Waals surface area contributed by atoms with Gasteiger partial charge in [0, 0.05) is 12.0 Å². The SMILES string of the molecule is COc1ccc(CC(CN)c2ccc(C(C)(C)C)cc2)c(OC)c1. The summed E-state index contributed by atoms with van der Waals surface area (Å²) in [6, 6.07) is 14.8. The van der Waals surface area contributed by atoms with E-state index in [0.29, 0.717) is 6.54 Å². The molecule has 3 heteroatoms. The van der Waals surface area contributed by atoms with Crippen LogP contribution in [0.5, 0.6) is 11.5 Å². The summed E-state index contributed by atoms with van der Waals surface area (Å²) in [5.41, 5.74) is 9.97.